The summed E-state index contributed by atoms with van der Waals surface area (Å²) in [6, 6.07) is 47.6. The van der Waals surface area contributed by atoms with E-state index >= 15 is 0 Å². The zero-order chi connectivity index (χ0) is 37.3. The molecular formula is C47H29F3N4. The maximum atomic E-state index is 14.6. The van der Waals surface area contributed by atoms with Gasteiger partial charge < -0.3 is 9.13 Å². The van der Waals surface area contributed by atoms with Crippen LogP contribution < -0.4 is 0 Å². The predicted molar refractivity (Wildman–Crippen MR) is 210 cm³/mol. The summed E-state index contributed by atoms with van der Waals surface area (Å²) < 4.78 is 48.3. The highest BCUT2D eigenvalue weighted by Gasteiger charge is 2.34. The molecule has 0 unspecified atom stereocenters. The van der Waals surface area contributed by atoms with E-state index in [1.54, 1.807) is 18.2 Å². The highest BCUT2D eigenvalue weighted by Crippen LogP contribution is 2.44. The van der Waals surface area contributed by atoms with Crippen molar-refractivity contribution in [3.63, 3.8) is 0 Å². The zero-order valence-corrected chi connectivity index (χ0v) is 29.2. The number of para-hydroxylation sites is 2. The average molecular weight is 707 g/mol. The number of alkyl halides is 3. The van der Waals surface area contributed by atoms with Crippen LogP contribution in [0, 0.1) is 36.5 Å². The molecule has 0 spiro atoms. The summed E-state index contributed by atoms with van der Waals surface area (Å²) in [5.41, 5.74) is 8.72. The van der Waals surface area contributed by atoms with Crippen LogP contribution in [0.1, 0.15) is 27.8 Å². The second-order valence-electron chi connectivity index (χ2n) is 13.7. The lowest BCUT2D eigenvalue weighted by atomic mass is 9.92. The number of benzene rings is 7. The van der Waals surface area contributed by atoms with Gasteiger partial charge in [0.05, 0.1) is 62.3 Å². The molecule has 7 aromatic carbocycles. The second kappa shape index (κ2) is 12.3. The first kappa shape index (κ1) is 32.8. The van der Waals surface area contributed by atoms with Gasteiger partial charge in [-0.1, -0.05) is 77.9 Å². The largest absolute Gasteiger partial charge is 0.417 e. The Kier molecular flexibility index (Phi) is 7.44. The summed E-state index contributed by atoms with van der Waals surface area (Å²) in [6.07, 6.45) is -4.70. The zero-order valence-electron chi connectivity index (χ0n) is 29.2. The number of aryl methyl sites for hydroxylation is 2. The minimum atomic E-state index is -4.70. The van der Waals surface area contributed by atoms with Gasteiger partial charge in [-0.2, -0.15) is 23.7 Å². The number of nitriles is 2. The van der Waals surface area contributed by atoms with Crippen molar-refractivity contribution in [3.05, 3.63) is 167 Å². The third-order valence-corrected chi connectivity index (χ3v) is 10.3. The SMILES string of the molecule is Cc1ccc2c(c1)c1ccccc1n2-c1ccc(C#N)cc1-c1ccc(-c2ccc(C#N)cc2C(F)(F)F)cc1-n1c2ccccc2c2cc(C)ccc21. The predicted octanol–water partition coefficient (Wildman–Crippen LogP) is 12.6. The summed E-state index contributed by atoms with van der Waals surface area (Å²) in [5, 5.41) is 23.9. The molecule has 0 aliphatic carbocycles. The van der Waals surface area contributed by atoms with Crippen LogP contribution in [0.3, 0.4) is 0 Å². The van der Waals surface area contributed by atoms with Crippen molar-refractivity contribution in [3.8, 4) is 45.8 Å². The van der Waals surface area contributed by atoms with Crippen molar-refractivity contribution in [2.24, 2.45) is 0 Å². The second-order valence-corrected chi connectivity index (χ2v) is 13.7. The number of halogens is 3. The number of aromatic nitrogens is 2. The van der Waals surface area contributed by atoms with Crippen molar-refractivity contribution in [2.45, 2.75) is 20.0 Å². The van der Waals surface area contributed by atoms with Gasteiger partial charge in [-0.25, -0.2) is 0 Å². The van der Waals surface area contributed by atoms with Gasteiger partial charge >= 0.3 is 6.18 Å². The normalized spacial score (nSPS) is 11.8. The van der Waals surface area contributed by atoms with Gasteiger partial charge in [0.15, 0.2) is 0 Å². The van der Waals surface area contributed by atoms with Crippen LogP contribution >= 0.6 is 0 Å². The minimum Gasteiger partial charge on any atom is -0.309 e. The summed E-state index contributed by atoms with van der Waals surface area (Å²) >= 11 is 0. The molecule has 0 radical (unpaired) electrons. The standard InChI is InChI=1S/C47H29F3N4/c1-28-11-18-43-37(21-28)34-7-3-5-9-41(34)53(43)45-20-14-30(26-51)23-39(45)36-17-15-32(33-16-13-31(27-52)24-40(33)47(48,49)50)25-46(36)54-42-10-6-4-8-35(42)38-22-29(2)12-19-44(38)54/h3-25H,1-2H3. The van der Waals surface area contributed by atoms with E-state index in [0.717, 1.165) is 77.6 Å². The van der Waals surface area contributed by atoms with Crippen molar-refractivity contribution in [1.29, 1.82) is 10.5 Å². The molecule has 0 N–H and O–H groups in total. The minimum absolute atomic E-state index is 0.0327. The average Bonchev–Trinajstić information content (AvgIpc) is 3.68. The van der Waals surface area contributed by atoms with Gasteiger partial charge in [0.1, 0.15) is 0 Å². The molecule has 0 atom stereocenters. The molecule has 0 bridgehead atoms. The fourth-order valence-electron chi connectivity index (χ4n) is 7.92. The Hall–Kier alpha value is -7.09. The van der Waals surface area contributed by atoms with Gasteiger partial charge in [0, 0.05) is 32.7 Å². The topological polar surface area (TPSA) is 57.4 Å². The summed E-state index contributed by atoms with van der Waals surface area (Å²) in [4.78, 5) is 0. The first-order valence-electron chi connectivity index (χ1n) is 17.5. The number of hydrogen-bond donors (Lipinski definition) is 0. The molecule has 0 saturated heterocycles. The number of nitrogens with zero attached hydrogens (tertiary/aromatic N) is 4. The molecule has 2 heterocycles. The molecule has 7 heteroatoms. The highest BCUT2D eigenvalue weighted by atomic mass is 19.4. The van der Waals surface area contributed by atoms with E-state index in [2.05, 4.69) is 64.6 Å². The molecule has 0 saturated carbocycles. The van der Waals surface area contributed by atoms with Crippen molar-refractivity contribution in [2.75, 3.05) is 0 Å². The van der Waals surface area contributed by atoms with Crippen LogP contribution in [-0.4, -0.2) is 9.13 Å². The maximum Gasteiger partial charge on any atom is 0.417 e. The van der Waals surface area contributed by atoms with Gasteiger partial charge in [0.25, 0.3) is 0 Å². The Morgan fingerprint density at radius 1 is 0.463 bits per heavy atom. The number of rotatable bonds is 4. The molecule has 0 fully saturated rings. The first-order chi connectivity index (χ1) is 26.1. The molecule has 54 heavy (non-hydrogen) atoms. The molecule has 9 rings (SSSR count). The molecular weight excluding hydrogens is 678 g/mol. The van der Waals surface area contributed by atoms with Crippen molar-refractivity contribution >= 4 is 43.6 Å². The molecule has 0 aliphatic heterocycles. The maximum absolute atomic E-state index is 14.6. The van der Waals surface area contributed by atoms with Crippen LogP contribution in [0.4, 0.5) is 13.2 Å². The van der Waals surface area contributed by atoms with E-state index in [4.69, 9.17) is 0 Å². The van der Waals surface area contributed by atoms with Crippen LogP contribution in [-0.2, 0) is 6.18 Å². The third-order valence-electron chi connectivity index (χ3n) is 10.3. The van der Waals surface area contributed by atoms with Crippen LogP contribution in [0.2, 0.25) is 0 Å². The van der Waals surface area contributed by atoms with E-state index in [9.17, 15) is 23.7 Å². The van der Waals surface area contributed by atoms with Gasteiger partial charge in [0.2, 0.25) is 0 Å². The molecule has 4 nitrogen and oxygen atoms in total. The van der Waals surface area contributed by atoms with E-state index in [0.29, 0.717) is 16.8 Å². The summed E-state index contributed by atoms with van der Waals surface area (Å²) in [5.74, 6) is 0. The van der Waals surface area contributed by atoms with Gasteiger partial charge in [-0.3, -0.25) is 0 Å². The summed E-state index contributed by atoms with van der Waals surface area (Å²) in [7, 11) is 0. The molecule has 258 valence electrons. The lowest BCUT2D eigenvalue weighted by molar-refractivity contribution is -0.137. The Labute approximate surface area is 308 Å². The van der Waals surface area contributed by atoms with E-state index < -0.39 is 11.7 Å². The quantitative estimate of drug-likeness (QED) is 0.183. The Morgan fingerprint density at radius 2 is 0.981 bits per heavy atom. The number of hydrogen-bond acceptors (Lipinski definition) is 2. The lowest BCUT2D eigenvalue weighted by Crippen LogP contribution is -2.08. The Morgan fingerprint density at radius 3 is 1.57 bits per heavy atom. The van der Waals surface area contributed by atoms with Crippen molar-refractivity contribution in [1.82, 2.24) is 9.13 Å². The summed E-state index contributed by atoms with van der Waals surface area (Å²) in [6.45, 7) is 4.10. The molecule has 9 aromatic rings. The third kappa shape index (κ3) is 5.13. The molecule has 0 amide bonds. The van der Waals surface area contributed by atoms with Crippen molar-refractivity contribution < 1.29 is 13.2 Å². The van der Waals surface area contributed by atoms with Gasteiger partial charge in [-0.05, 0) is 97.8 Å². The van der Waals surface area contributed by atoms with E-state index in [1.165, 1.54) is 12.1 Å². The van der Waals surface area contributed by atoms with Crippen LogP contribution in [0.25, 0.3) is 77.2 Å². The van der Waals surface area contributed by atoms with E-state index in [1.807, 2.05) is 73.7 Å². The number of fused-ring (bicyclic) bond motifs is 6. The molecule has 2 aromatic heterocycles. The molecule has 0 aliphatic rings. The fourth-order valence-corrected chi connectivity index (χ4v) is 7.92. The fraction of sp³-hybridized carbons (Fsp3) is 0.0638. The Bertz CT molecular complexity index is 3090. The smallest absolute Gasteiger partial charge is 0.309 e. The lowest BCUT2D eigenvalue weighted by Gasteiger charge is -2.21. The first-order valence-corrected chi connectivity index (χ1v) is 17.5. The highest BCUT2D eigenvalue weighted by molar-refractivity contribution is 6.12. The van der Waals surface area contributed by atoms with Gasteiger partial charge in [-0.15, -0.1) is 0 Å². The van der Waals surface area contributed by atoms with E-state index in [-0.39, 0.29) is 11.1 Å². The van der Waals surface area contributed by atoms with Crippen LogP contribution in [0.15, 0.2) is 140 Å². The van der Waals surface area contributed by atoms with Crippen LogP contribution in [0.5, 0.6) is 0 Å². The monoisotopic (exact) mass is 706 g/mol. The Balaban J connectivity index is 1.42.